The van der Waals surface area contributed by atoms with Crippen molar-refractivity contribution in [1.29, 1.82) is 0 Å². The molecule has 2 atom stereocenters. The first-order valence-corrected chi connectivity index (χ1v) is 7.11. The zero-order chi connectivity index (χ0) is 16.8. The highest BCUT2D eigenvalue weighted by Gasteiger charge is 2.19. The Labute approximate surface area is 134 Å². The minimum Gasteiger partial charge on any atom is -0.386 e. The van der Waals surface area contributed by atoms with Crippen LogP contribution in [0.1, 0.15) is 18.6 Å². The summed E-state index contributed by atoms with van der Waals surface area (Å²) in [4.78, 5) is 10.1. The van der Waals surface area contributed by atoms with E-state index in [2.05, 4.69) is 10.3 Å². The van der Waals surface area contributed by atoms with Crippen molar-refractivity contribution in [2.75, 3.05) is 7.05 Å². The lowest BCUT2D eigenvalue weighted by Crippen LogP contribution is -2.30. The quantitative estimate of drug-likeness (QED) is 0.500. The lowest BCUT2D eigenvalue weighted by molar-refractivity contribution is -0.384. The molecule has 0 aliphatic heterocycles. The third-order valence-corrected chi connectivity index (χ3v) is 3.55. The lowest BCUT2D eigenvalue weighted by Gasteiger charge is -2.25. The Kier molecular flexibility index (Phi) is 5.37. The first kappa shape index (κ1) is 16.6. The van der Waals surface area contributed by atoms with E-state index in [1.807, 2.05) is 37.3 Å². The molecule has 120 valence electrons. The Balaban J connectivity index is 2.02. The zero-order valence-corrected chi connectivity index (χ0v) is 12.9. The van der Waals surface area contributed by atoms with Crippen LogP contribution >= 0.6 is 0 Å². The van der Waals surface area contributed by atoms with Crippen molar-refractivity contribution in [3.63, 3.8) is 0 Å². The summed E-state index contributed by atoms with van der Waals surface area (Å²) in [6.45, 7) is 1.84. The van der Waals surface area contributed by atoms with Gasteiger partial charge in [-0.15, -0.1) is 5.11 Å². The maximum atomic E-state index is 10.6. The molecular weight excluding hydrogens is 296 g/mol. The summed E-state index contributed by atoms with van der Waals surface area (Å²) in [5.41, 5.74) is 1.31. The van der Waals surface area contributed by atoms with Crippen LogP contribution in [0.5, 0.6) is 0 Å². The molecular formula is C16H18N4O3. The van der Waals surface area contributed by atoms with Gasteiger partial charge in [-0.05, 0) is 24.6 Å². The van der Waals surface area contributed by atoms with Crippen LogP contribution in [0.25, 0.3) is 0 Å². The van der Waals surface area contributed by atoms with Crippen LogP contribution in [0, 0.1) is 10.1 Å². The average Bonchev–Trinajstić information content (AvgIpc) is 2.59. The molecule has 0 saturated heterocycles. The topological polar surface area (TPSA) is 91.3 Å². The number of non-ortho nitro benzene ring substituents is 1. The first-order chi connectivity index (χ1) is 11.0. The Hall–Kier alpha value is -2.80. The van der Waals surface area contributed by atoms with Crippen molar-refractivity contribution in [2.45, 2.75) is 19.1 Å². The summed E-state index contributed by atoms with van der Waals surface area (Å²) in [6.07, 6.45) is -0.697. The molecule has 0 bridgehead atoms. The van der Waals surface area contributed by atoms with Crippen LogP contribution in [0.3, 0.4) is 0 Å². The second-order valence-corrected chi connectivity index (χ2v) is 5.13. The van der Waals surface area contributed by atoms with Crippen molar-refractivity contribution in [3.8, 4) is 0 Å². The van der Waals surface area contributed by atoms with Crippen molar-refractivity contribution in [3.05, 3.63) is 70.3 Å². The van der Waals surface area contributed by atoms with Gasteiger partial charge in [0.1, 0.15) is 6.10 Å². The molecule has 0 saturated carbocycles. The number of nitro groups is 1. The van der Waals surface area contributed by atoms with Gasteiger partial charge in [0.15, 0.2) is 0 Å². The number of aliphatic hydroxyl groups excluding tert-OH is 1. The Morgan fingerprint density at radius 2 is 1.74 bits per heavy atom. The normalized spacial score (nSPS) is 13.7. The average molecular weight is 314 g/mol. The van der Waals surface area contributed by atoms with Gasteiger partial charge in [0.2, 0.25) is 0 Å². The molecule has 0 aromatic heterocycles. The highest BCUT2D eigenvalue weighted by Crippen LogP contribution is 2.22. The van der Waals surface area contributed by atoms with E-state index in [9.17, 15) is 15.2 Å². The van der Waals surface area contributed by atoms with E-state index in [1.165, 1.54) is 24.3 Å². The molecule has 0 aliphatic rings. The number of benzene rings is 2. The standard InChI is InChI=1S/C16H18N4O3/c1-12(16(21)13-6-4-3-5-7-13)19(2)18-17-14-8-10-15(11-9-14)20(22)23/h3-12,16,21H,1-2H3. The molecule has 0 spiro atoms. The number of aliphatic hydroxyl groups is 1. The Bertz CT molecular complexity index is 673. The van der Waals surface area contributed by atoms with E-state index in [1.54, 1.807) is 12.1 Å². The molecule has 0 amide bonds. The number of rotatable bonds is 6. The van der Waals surface area contributed by atoms with Gasteiger partial charge in [0, 0.05) is 19.2 Å². The Morgan fingerprint density at radius 1 is 1.13 bits per heavy atom. The fourth-order valence-corrected chi connectivity index (χ4v) is 1.98. The van der Waals surface area contributed by atoms with Crippen LogP contribution in [0.15, 0.2) is 64.9 Å². The van der Waals surface area contributed by atoms with Gasteiger partial charge in [0.05, 0.1) is 16.7 Å². The fourth-order valence-electron chi connectivity index (χ4n) is 1.98. The predicted molar refractivity (Wildman–Crippen MR) is 86.2 cm³/mol. The van der Waals surface area contributed by atoms with E-state index in [0.29, 0.717) is 5.69 Å². The smallest absolute Gasteiger partial charge is 0.269 e. The summed E-state index contributed by atoms with van der Waals surface area (Å²) >= 11 is 0. The number of likely N-dealkylation sites (N-methyl/N-ethyl adjacent to an activating group) is 1. The van der Waals surface area contributed by atoms with Crippen LogP contribution in [-0.4, -0.2) is 28.1 Å². The van der Waals surface area contributed by atoms with E-state index >= 15 is 0 Å². The number of nitrogens with zero attached hydrogens (tertiary/aromatic N) is 4. The highest BCUT2D eigenvalue weighted by atomic mass is 16.6. The lowest BCUT2D eigenvalue weighted by atomic mass is 10.0. The van der Waals surface area contributed by atoms with E-state index in [4.69, 9.17) is 0 Å². The van der Waals surface area contributed by atoms with Gasteiger partial charge in [-0.25, -0.2) is 0 Å². The summed E-state index contributed by atoms with van der Waals surface area (Å²) in [6, 6.07) is 14.8. The zero-order valence-electron chi connectivity index (χ0n) is 12.9. The summed E-state index contributed by atoms with van der Waals surface area (Å²) < 4.78 is 0. The van der Waals surface area contributed by atoms with Gasteiger partial charge >= 0.3 is 0 Å². The second-order valence-electron chi connectivity index (χ2n) is 5.13. The van der Waals surface area contributed by atoms with Crippen molar-refractivity contribution in [2.24, 2.45) is 10.3 Å². The minimum absolute atomic E-state index is 0.00479. The van der Waals surface area contributed by atoms with Crippen LogP contribution < -0.4 is 0 Å². The van der Waals surface area contributed by atoms with Crippen LogP contribution in [-0.2, 0) is 0 Å². The highest BCUT2D eigenvalue weighted by molar-refractivity contribution is 5.43. The maximum absolute atomic E-state index is 10.6. The maximum Gasteiger partial charge on any atom is 0.269 e. The van der Waals surface area contributed by atoms with Gasteiger partial charge in [-0.2, -0.15) is 0 Å². The molecule has 7 nitrogen and oxygen atoms in total. The number of hydrogen-bond acceptors (Lipinski definition) is 5. The molecule has 2 unspecified atom stereocenters. The third-order valence-electron chi connectivity index (χ3n) is 3.55. The summed E-state index contributed by atoms with van der Waals surface area (Å²) in [5, 5.41) is 30.5. The van der Waals surface area contributed by atoms with Gasteiger partial charge in [-0.1, -0.05) is 35.6 Å². The second kappa shape index (κ2) is 7.46. The number of nitro benzene ring substituents is 1. The summed E-state index contributed by atoms with van der Waals surface area (Å²) in [7, 11) is 1.71. The molecule has 2 aromatic carbocycles. The number of hydrogen-bond donors (Lipinski definition) is 1. The van der Waals surface area contributed by atoms with Gasteiger partial charge in [-0.3, -0.25) is 15.1 Å². The molecule has 0 heterocycles. The molecule has 7 heteroatoms. The van der Waals surface area contributed by atoms with Crippen molar-refractivity contribution < 1.29 is 10.0 Å². The van der Waals surface area contributed by atoms with Crippen LogP contribution in [0.4, 0.5) is 11.4 Å². The molecule has 2 rings (SSSR count). The molecule has 2 aromatic rings. The van der Waals surface area contributed by atoms with Gasteiger partial charge in [0.25, 0.3) is 5.69 Å². The molecule has 1 N–H and O–H groups in total. The fraction of sp³-hybridized carbons (Fsp3) is 0.250. The van der Waals surface area contributed by atoms with Crippen molar-refractivity contribution >= 4 is 11.4 Å². The van der Waals surface area contributed by atoms with E-state index in [-0.39, 0.29) is 11.7 Å². The molecule has 0 aliphatic carbocycles. The van der Waals surface area contributed by atoms with E-state index < -0.39 is 11.0 Å². The summed E-state index contributed by atoms with van der Waals surface area (Å²) in [5.74, 6) is 0. The third kappa shape index (κ3) is 4.33. The van der Waals surface area contributed by atoms with E-state index in [0.717, 1.165) is 5.56 Å². The van der Waals surface area contributed by atoms with Crippen molar-refractivity contribution in [1.82, 2.24) is 5.01 Å². The Morgan fingerprint density at radius 3 is 2.30 bits per heavy atom. The SMILES string of the molecule is CC(C(O)c1ccccc1)N(C)N=Nc1ccc([N+](=O)[O-])cc1. The monoisotopic (exact) mass is 314 g/mol. The predicted octanol–water partition coefficient (Wildman–Crippen LogP) is 3.65. The molecule has 0 radical (unpaired) electrons. The molecule has 23 heavy (non-hydrogen) atoms. The largest absolute Gasteiger partial charge is 0.386 e. The minimum atomic E-state index is -0.697. The van der Waals surface area contributed by atoms with Gasteiger partial charge < -0.3 is 5.11 Å². The van der Waals surface area contributed by atoms with Crippen LogP contribution in [0.2, 0.25) is 0 Å². The first-order valence-electron chi connectivity index (χ1n) is 7.11. The molecule has 0 fully saturated rings.